The molecular weight excluding hydrogens is 296 g/mol. The highest BCUT2D eigenvalue weighted by Gasteiger charge is 2.30. The number of ether oxygens (including phenoxy) is 1. The Morgan fingerprint density at radius 3 is 3.00 bits per heavy atom. The zero-order chi connectivity index (χ0) is 14.9. The van der Waals surface area contributed by atoms with Gasteiger partial charge < -0.3 is 9.30 Å². The van der Waals surface area contributed by atoms with E-state index in [2.05, 4.69) is 26.5 Å². The molecule has 22 heavy (non-hydrogen) atoms. The standard InChI is InChI=1S/C16H22N4OS/c1-19-11-18-14-7-20(8-15-17-4-5-22-15)6-13(16(14)19)10-21-9-12-2-3-12/h4-5,11-13H,2-3,6-10H2,1H3/t13-/m0/s1. The van der Waals surface area contributed by atoms with Gasteiger partial charge in [-0.2, -0.15) is 0 Å². The van der Waals surface area contributed by atoms with E-state index in [4.69, 9.17) is 4.74 Å². The van der Waals surface area contributed by atoms with Gasteiger partial charge >= 0.3 is 0 Å². The van der Waals surface area contributed by atoms with E-state index >= 15 is 0 Å². The SMILES string of the molecule is Cn1cnc2c1[C@H](COCC1CC1)CN(Cc1nccs1)C2. The minimum absolute atomic E-state index is 0.412. The molecular formula is C16H22N4OS. The van der Waals surface area contributed by atoms with Gasteiger partial charge in [-0.1, -0.05) is 0 Å². The maximum atomic E-state index is 5.98. The van der Waals surface area contributed by atoms with Crippen molar-refractivity contribution in [3.63, 3.8) is 0 Å². The van der Waals surface area contributed by atoms with Crippen LogP contribution in [0.4, 0.5) is 0 Å². The van der Waals surface area contributed by atoms with Crippen molar-refractivity contribution in [2.24, 2.45) is 13.0 Å². The fourth-order valence-electron chi connectivity index (χ4n) is 3.24. The summed E-state index contributed by atoms with van der Waals surface area (Å²) in [5.41, 5.74) is 2.55. The maximum Gasteiger partial charge on any atom is 0.107 e. The zero-order valence-corrected chi connectivity index (χ0v) is 13.8. The van der Waals surface area contributed by atoms with Gasteiger partial charge in [-0.25, -0.2) is 9.97 Å². The topological polar surface area (TPSA) is 43.2 Å². The first-order valence-electron chi connectivity index (χ1n) is 7.98. The zero-order valence-electron chi connectivity index (χ0n) is 12.9. The van der Waals surface area contributed by atoms with Crippen LogP contribution in [-0.4, -0.2) is 39.2 Å². The summed E-state index contributed by atoms with van der Waals surface area (Å²) in [6.07, 6.45) is 6.51. The second-order valence-electron chi connectivity index (χ2n) is 6.46. The molecule has 0 saturated heterocycles. The van der Waals surface area contributed by atoms with Crippen molar-refractivity contribution in [2.75, 3.05) is 19.8 Å². The Balaban J connectivity index is 1.46. The Bertz CT molecular complexity index is 620. The lowest BCUT2D eigenvalue weighted by Crippen LogP contribution is -2.36. The van der Waals surface area contributed by atoms with Gasteiger partial charge in [-0.3, -0.25) is 4.90 Å². The number of fused-ring (bicyclic) bond motifs is 1. The Morgan fingerprint density at radius 1 is 1.32 bits per heavy atom. The van der Waals surface area contributed by atoms with Crippen LogP contribution in [-0.2, 0) is 24.9 Å². The molecule has 5 nitrogen and oxygen atoms in total. The Kier molecular flexibility index (Phi) is 3.98. The first-order chi connectivity index (χ1) is 10.8. The van der Waals surface area contributed by atoms with Gasteiger partial charge in [0.05, 0.1) is 25.2 Å². The molecule has 1 aliphatic heterocycles. The fourth-order valence-corrected chi connectivity index (χ4v) is 3.90. The van der Waals surface area contributed by atoms with Crippen molar-refractivity contribution in [1.29, 1.82) is 0 Å². The van der Waals surface area contributed by atoms with Crippen LogP contribution >= 0.6 is 11.3 Å². The Morgan fingerprint density at radius 2 is 2.23 bits per heavy atom. The third-order valence-electron chi connectivity index (χ3n) is 4.51. The molecule has 1 saturated carbocycles. The van der Waals surface area contributed by atoms with Crippen LogP contribution in [0.15, 0.2) is 17.9 Å². The van der Waals surface area contributed by atoms with Gasteiger partial charge in [-0.15, -0.1) is 11.3 Å². The van der Waals surface area contributed by atoms with E-state index in [1.807, 2.05) is 17.9 Å². The Labute approximate surface area is 134 Å². The lowest BCUT2D eigenvalue weighted by molar-refractivity contribution is 0.0867. The van der Waals surface area contributed by atoms with Gasteiger partial charge in [-0.05, 0) is 18.8 Å². The monoisotopic (exact) mass is 318 g/mol. The minimum Gasteiger partial charge on any atom is -0.380 e. The highest BCUT2D eigenvalue weighted by molar-refractivity contribution is 7.09. The Hall–Kier alpha value is -1.24. The number of hydrogen-bond donors (Lipinski definition) is 0. The van der Waals surface area contributed by atoms with Crippen LogP contribution in [0.2, 0.25) is 0 Å². The highest BCUT2D eigenvalue weighted by atomic mass is 32.1. The molecule has 0 spiro atoms. The van der Waals surface area contributed by atoms with Gasteiger partial charge in [0.2, 0.25) is 0 Å². The number of hydrogen-bond acceptors (Lipinski definition) is 5. The first kappa shape index (κ1) is 14.4. The van der Waals surface area contributed by atoms with Crippen LogP contribution < -0.4 is 0 Å². The van der Waals surface area contributed by atoms with E-state index in [1.54, 1.807) is 11.3 Å². The molecule has 0 unspecified atom stereocenters. The number of imidazole rings is 1. The van der Waals surface area contributed by atoms with E-state index in [1.165, 1.54) is 29.2 Å². The number of aromatic nitrogens is 3. The van der Waals surface area contributed by atoms with Crippen molar-refractivity contribution >= 4 is 11.3 Å². The molecule has 0 amide bonds. The summed E-state index contributed by atoms with van der Waals surface area (Å²) in [5, 5.41) is 3.22. The van der Waals surface area contributed by atoms with E-state index in [0.29, 0.717) is 5.92 Å². The molecule has 0 N–H and O–H groups in total. The molecule has 2 aliphatic rings. The number of rotatable bonds is 6. The molecule has 2 aromatic rings. The molecule has 0 aromatic carbocycles. The first-order valence-corrected chi connectivity index (χ1v) is 8.86. The van der Waals surface area contributed by atoms with Crippen LogP contribution in [0, 0.1) is 5.92 Å². The van der Waals surface area contributed by atoms with Crippen LogP contribution in [0.25, 0.3) is 0 Å². The second kappa shape index (κ2) is 6.10. The third-order valence-corrected chi connectivity index (χ3v) is 5.28. The average molecular weight is 318 g/mol. The summed E-state index contributed by atoms with van der Waals surface area (Å²) in [7, 11) is 2.09. The van der Waals surface area contributed by atoms with Gasteiger partial charge in [0.1, 0.15) is 5.01 Å². The molecule has 1 fully saturated rings. The number of nitrogens with zero attached hydrogens (tertiary/aromatic N) is 4. The fraction of sp³-hybridized carbons (Fsp3) is 0.625. The summed E-state index contributed by atoms with van der Waals surface area (Å²) in [4.78, 5) is 11.4. The summed E-state index contributed by atoms with van der Waals surface area (Å²) in [5.74, 6) is 1.23. The summed E-state index contributed by atoms with van der Waals surface area (Å²) in [6, 6.07) is 0. The molecule has 1 aliphatic carbocycles. The van der Waals surface area contributed by atoms with Crippen LogP contribution in [0.1, 0.15) is 35.2 Å². The molecule has 0 radical (unpaired) electrons. The molecule has 1 atom stereocenters. The number of thiazole rings is 1. The average Bonchev–Trinajstić information content (AvgIpc) is 3.04. The van der Waals surface area contributed by atoms with E-state index < -0.39 is 0 Å². The number of aryl methyl sites for hydroxylation is 1. The lowest BCUT2D eigenvalue weighted by Gasteiger charge is -2.32. The van der Waals surface area contributed by atoms with E-state index in [9.17, 15) is 0 Å². The normalized spacial score (nSPS) is 22.0. The van der Waals surface area contributed by atoms with Crippen LogP contribution in [0.5, 0.6) is 0 Å². The smallest absolute Gasteiger partial charge is 0.107 e. The van der Waals surface area contributed by atoms with Crippen LogP contribution in [0.3, 0.4) is 0 Å². The van der Waals surface area contributed by atoms with Crippen molar-refractivity contribution in [3.05, 3.63) is 34.3 Å². The van der Waals surface area contributed by atoms with Gasteiger partial charge in [0.15, 0.2) is 0 Å². The molecule has 3 heterocycles. The molecule has 2 aromatic heterocycles. The quantitative estimate of drug-likeness (QED) is 0.820. The molecule has 6 heteroatoms. The molecule has 118 valence electrons. The van der Waals surface area contributed by atoms with E-state index in [-0.39, 0.29) is 0 Å². The predicted molar refractivity (Wildman–Crippen MR) is 85.7 cm³/mol. The van der Waals surface area contributed by atoms with Crippen molar-refractivity contribution in [1.82, 2.24) is 19.4 Å². The van der Waals surface area contributed by atoms with Gasteiger partial charge in [0.25, 0.3) is 0 Å². The largest absolute Gasteiger partial charge is 0.380 e. The van der Waals surface area contributed by atoms with E-state index in [0.717, 1.165) is 38.8 Å². The predicted octanol–water partition coefficient (Wildman–Crippen LogP) is 2.40. The summed E-state index contributed by atoms with van der Waals surface area (Å²) >= 11 is 1.72. The minimum atomic E-state index is 0.412. The maximum absolute atomic E-state index is 5.98. The van der Waals surface area contributed by atoms with Crippen molar-refractivity contribution < 1.29 is 4.74 Å². The van der Waals surface area contributed by atoms with Crippen molar-refractivity contribution in [3.8, 4) is 0 Å². The lowest BCUT2D eigenvalue weighted by atomic mass is 9.99. The molecule has 4 rings (SSSR count). The summed E-state index contributed by atoms with van der Waals surface area (Å²) < 4.78 is 8.15. The van der Waals surface area contributed by atoms with Crippen molar-refractivity contribution in [2.45, 2.75) is 31.8 Å². The highest BCUT2D eigenvalue weighted by Crippen LogP contribution is 2.31. The second-order valence-corrected chi connectivity index (χ2v) is 7.44. The molecule has 0 bridgehead atoms. The van der Waals surface area contributed by atoms with Gasteiger partial charge in [0, 0.05) is 49.9 Å². The summed E-state index contributed by atoms with van der Waals surface area (Å²) in [6.45, 7) is 4.58. The third kappa shape index (κ3) is 3.09.